The maximum absolute atomic E-state index is 6.02. The normalized spacial score (nSPS) is 18.6. The molecule has 1 fully saturated rings. The van der Waals surface area contributed by atoms with Crippen LogP contribution in [0.25, 0.3) is 0 Å². The Balaban J connectivity index is 1.81. The molecular formula is C12H17BrClNS. The molecule has 0 unspecified atom stereocenters. The summed E-state index contributed by atoms with van der Waals surface area (Å²) in [6, 6.07) is 2.83. The summed E-state index contributed by atoms with van der Waals surface area (Å²) < 4.78 is 1.88. The first kappa shape index (κ1) is 12.9. The third kappa shape index (κ3) is 3.73. The van der Waals surface area contributed by atoms with E-state index in [0.29, 0.717) is 6.04 Å². The van der Waals surface area contributed by atoms with Crippen LogP contribution < -0.4 is 5.32 Å². The van der Waals surface area contributed by atoms with Crippen LogP contribution in [-0.4, -0.2) is 6.04 Å². The van der Waals surface area contributed by atoms with Gasteiger partial charge in [0.25, 0.3) is 0 Å². The van der Waals surface area contributed by atoms with Crippen molar-refractivity contribution in [2.24, 2.45) is 0 Å². The number of rotatable bonds is 3. The van der Waals surface area contributed by atoms with Gasteiger partial charge in [0.1, 0.15) is 4.34 Å². The molecule has 2 rings (SSSR count). The Morgan fingerprint density at radius 2 is 2.00 bits per heavy atom. The van der Waals surface area contributed by atoms with Crippen LogP contribution in [-0.2, 0) is 6.54 Å². The Hall–Kier alpha value is 0.430. The van der Waals surface area contributed by atoms with Gasteiger partial charge in [-0.2, -0.15) is 0 Å². The van der Waals surface area contributed by atoms with Crippen molar-refractivity contribution in [2.45, 2.75) is 51.1 Å². The van der Waals surface area contributed by atoms with Crippen LogP contribution in [0.5, 0.6) is 0 Å². The number of nitrogens with one attached hydrogen (secondary N) is 1. The topological polar surface area (TPSA) is 12.0 Å². The third-order valence-electron chi connectivity index (χ3n) is 3.12. The van der Waals surface area contributed by atoms with Crippen molar-refractivity contribution < 1.29 is 0 Å². The van der Waals surface area contributed by atoms with Crippen molar-refractivity contribution in [1.82, 2.24) is 5.32 Å². The Kier molecular flexibility index (Phi) is 5.14. The van der Waals surface area contributed by atoms with E-state index in [2.05, 4.69) is 27.3 Å². The Morgan fingerprint density at radius 1 is 1.31 bits per heavy atom. The van der Waals surface area contributed by atoms with Gasteiger partial charge in [-0.3, -0.25) is 0 Å². The smallest absolute Gasteiger partial charge is 0.107 e. The first-order valence-electron chi connectivity index (χ1n) is 5.93. The number of thiophene rings is 1. The molecular weight excluding hydrogens is 306 g/mol. The second-order valence-electron chi connectivity index (χ2n) is 4.40. The van der Waals surface area contributed by atoms with E-state index in [1.165, 1.54) is 43.4 Å². The summed E-state index contributed by atoms with van der Waals surface area (Å²) >= 11 is 11.1. The average molecular weight is 323 g/mol. The molecule has 1 aromatic heterocycles. The van der Waals surface area contributed by atoms with Gasteiger partial charge < -0.3 is 5.32 Å². The van der Waals surface area contributed by atoms with E-state index < -0.39 is 0 Å². The van der Waals surface area contributed by atoms with Gasteiger partial charge in [-0.15, -0.1) is 11.3 Å². The highest BCUT2D eigenvalue weighted by Crippen LogP contribution is 2.32. The minimum Gasteiger partial charge on any atom is -0.309 e. The lowest BCUT2D eigenvalue weighted by atomic mass is 10.1. The van der Waals surface area contributed by atoms with E-state index in [0.717, 1.165) is 15.4 Å². The van der Waals surface area contributed by atoms with Gasteiger partial charge in [0.05, 0.1) is 0 Å². The zero-order valence-corrected chi connectivity index (χ0v) is 12.4. The molecule has 0 amide bonds. The van der Waals surface area contributed by atoms with Gasteiger partial charge >= 0.3 is 0 Å². The summed E-state index contributed by atoms with van der Waals surface area (Å²) in [5.74, 6) is 0. The van der Waals surface area contributed by atoms with Crippen LogP contribution in [0.1, 0.15) is 43.4 Å². The Bertz CT molecular complexity index is 312. The molecule has 0 aliphatic heterocycles. The maximum Gasteiger partial charge on any atom is 0.107 e. The summed E-state index contributed by atoms with van der Waals surface area (Å²) in [7, 11) is 0. The van der Waals surface area contributed by atoms with Crippen molar-refractivity contribution >= 4 is 38.9 Å². The van der Waals surface area contributed by atoms with Crippen LogP contribution in [0.4, 0.5) is 0 Å². The average Bonchev–Trinajstić information content (AvgIpc) is 2.50. The summed E-state index contributed by atoms with van der Waals surface area (Å²) in [4.78, 5) is 1.32. The molecule has 0 bridgehead atoms. The van der Waals surface area contributed by atoms with Crippen LogP contribution in [0.15, 0.2) is 10.5 Å². The molecule has 1 heterocycles. The van der Waals surface area contributed by atoms with Crippen molar-refractivity contribution in [1.29, 1.82) is 0 Å². The SMILES string of the molecule is Clc1sc(CNC2CCCCCC2)cc1Br. The van der Waals surface area contributed by atoms with E-state index in [-0.39, 0.29) is 0 Å². The fourth-order valence-electron chi connectivity index (χ4n) is 2.21. The molecule has 0 atom stereocenters. The molecule has 0 aromatic carbocycles. The van der Waals surface area contributed by atoms with E-state index in [1.807, 2.05) is 0 Å². The predicted octanol–water partition coefficient (Wildman–Crippen LogP) is 4.98. The van der Waals surface area contributed by atoms with E-state index in [1.54, 1.807) is 11.3 Å². The monoisotopic (exact) mass is 321 g/mol. The molecule has 1 N–H and O–H groups in total. The fraction of sp³-hybridized carbons (Fsp3) is 0.667. The zero-order valence-electron chi connectivity index (χ0n) is 9.27. The third-order valence-corrected chi connectivity index (χ3v) is 5.59. The first-order chi connectivity index (χ1) is 7.75. The molecule has 1 nitrogen and oxygen atoms in total. The fourth-order valence-corrected chi connectivity index (χ4v) is 3.95. The lowest BCUT2D eigenvalue weighted by Crippen LogP contribution is -2.27. The van der Waals surface area contributed by atoms with Crippen LogP contribution >= 0.6 is 38.9 Å². The van der Waals surface area contributed by atoms with Gasteiger partial charge in [-0.05, 0) is 34.8 Å². The lowest BCUT2D eigenvalue weighted by molar-refractivity contribution is 0.461. The van der Waals surface area contributed by atoms with Gasteiger partial charge in [-0.1, -0.05) is 37.3 Å². The second kappa shape index (κ2) is 6.39. The first-order valence-corrected chi connectivity index (χ1v) is 7.91. The van der Waals surface area contributed by atoms with E-state index in [4.69, 9.17) is 11.6 Å². The van der Waals surface area contributed by atoms with Gasteiger partial charge in [0.15, 0.2) is 0 Å². The molecule has 90 valence electrons. The Labute approximate surface area is 115 Å². The maximum atomic E-state index is 6.02. The molecule has 16 heavy (non-hydrogen) atoms. The van der Waals surface area contributed by atoms with Gasteiger partial charge in [-0.25, -0.2) is 0 Å². The quantitative estimate of drug-likeness (QED) is 0.774. The molecule has 1 saturated carbocycles. The largest absolute Gasteiger partial charge is 0.309 e. The van der Waals surface area contributed by atoms with Crippen LogP contribution in [0.3, 0.4) is 0 Å². The molecule has 1 aliphatic rings. The van der Waals surface area contributed by atoms with Crippen molar-refractivity contribution in [3.63, 3.8) is 0 Å². The van der Waals surface area contributed by atoms with Gasteiger partial charge in [0, 0.05) is 21.9 Å². The Morgan fingerprint density at radius 3 is 2.56 bits per heavy atom. The van der Waals surface area contributed by atoms with Crippen molar-refractivity contribution in [3.05, 3.63) is 19.8 Å². The van der Waals surface area contributed by atoms with Crippen LogP contribution in [0.2, 0.25) is 4.34 Å². The predicted molar refractivity (Wildman–Crippen MR) is 75.4 cm³/mol. The number of hydrogen-bond donors (Lipinski definition) is 1. The number of halogens is 2. The molecule has 0 spiro atoms. The molecule has 4 heteroatoms. The highest BCUT2D eigenvalue weighted by Gasteiger charge is 2.12. The standard InChI is InChI=1S/C12H17BrClNS/c13-11-7-10(16-12(11)14)8-15-9-5-3-1-2-4-6-9/h7,9,15H,1-6,8H2. The lowest BCUT2D eigenvalue weighted by Gasteiger charge is -2.15. The zero-order chi connectivity index (χ0) is 11.4. The molecule has 1 aliphatic carbocycles. The van der Waals surface area contributed by atoms with E-state index >= 15 is 0 Å². The summed E-state index contributed by atoms with van der Waals surface area (Å²) in [6.45, 7) is 0.959. The number of hydrogen-bond acceptors (Lipinski definition) is 2. The summed E-state index contributed by atoms with van der Waals surface area (Å²) in [5.41, 5.74) is 0. The minimum absolute atomic E-state index is 0.710. The van der Waals surface area contributed by atoms with Gasteiger partial charge in [0.2, 0.25) is 0 Å². The van der Waals surface area contributed by atoms with Crippen LogP contribution in [0, 0.1) is 0 Å². The second-order valence-corrected chi connectivity index (χ2v) is 7.00. The molecule has 1 aromatic rings. The molecule has 0 saturated heterocycles. The molecule has 0 radical (unpaired) electrons. The van der Waals surface area contributed by atoms with Crippen molar-refractivity contribution in [3.8, 4) is 0 Å². The highest BCUT2D eigenvalue weighted by molar-refractivity contribution is 9.10. The highest BCUT2D eigenvalue weighted by atomic mass is 79.9. The van der Waals surface area contributed by atoms with Crippen molar-refractivity contribution in [2.75, 3.05) is 0 Å². The minimum atomic E-state index is 0.710. The summed E-state index contributed by atoms with van der Waals surface area (Å²) in [5, 5.41) is 3.65. The van der Waals surface area contributed by atoms with E-state index in [9.17, 15) is 0 Å². The summed E-state index contributed by atoms with van der Waals surface area (Å²) in [6.07, 6.45) is 8.25.